The van der Waals surface area contributed by atoms with Crippen molar-refractivity contribution in [3.05, 3.63) is 89.9 Å². The second kappa shape index (κ2) is 11.8. The molecule has 5 aromatic rings. The molecule has 13 heteroatoms. The van der Waals surface area contributed by atoms with Gasteiger partial charge in [-0.15, -0.1) is 0 Å². The first-order chi connectivity index (χ1) is 21.8. The number of hydrogen-bond donors (Lipinski definition) is 1. The van der Waals surface area contributed by atoms with Crippen LogP contribution in [0.3, 0.4) is 0 Å². The summed E-state index contributed by atoms with van der Waals surface area (Å²) in [6.07, 6.45) is -1.98. The Morgan fingerprint density at radius 2 is 1.44 bits per heavy atom. The van der Waals surface area contributed by atoms with Crippen molar-refractivity contribution in [2.45, 2.75) is 24.9 Å². The zero-order valence-electron chi connectivity index (χ0n) is 24.2. The number of hydrogen-bond acceptors (Lipinski definition) is 9. The highest BCUT2D eigenvalue weighted by Crippen LogP contribution is 2.36. The number of para-hydroxylation sites is 2. The maximum atomic E-state index is 13.9. The molecule has 45 heavy (non-hydrogen) atoms. The van der Waals surface area contributed by atoms with Crippen LogP contribution in [-0.2, 0) is 6.18 Å². The zero-order valence-corrected chi connectivity index (χ0v) is 24.2. The van der Waals surface area contributed by atoms with Gasteiger partial charge >= 0.3 is 6.18 Å². The fourth-order valence-corrected chi connectivity index (χ4v) is 5.88. The lowest BCUT2D eigenvalue weighted by atomic mass is 9.90. The zero-order chi connectivity index (χ0) is 31.0. The molecule has 2 aliphatic heterocycles. The first kappa shape index (κ1) is 28.7. The number of nitrogens with one attached hydrogen (secondary N) is 1. The van der Waals surface area contributed by atoms with Crippen LogP contribution in [0.15, 0.2) is 81.8 Å². The lowest BCUT2D eigenvalue weighted by molar-refractivity contribution is -0.141. The molecule has 1 amide bonds. The first-order valence-electron chi connectivity index (χ1n) is 14.8. The number of fused-ring (bicyclic) bond motifs is 1. The molecule has 232 valence electrons. The van der Waals surface area contributed by atoms with Crippen molar-refractivity contribution in [2.75, 3.05) is 59.3 Å². The number of piperidine rings is 1. The molecule has 3 aromatic heterocycles. The van der Waals surface area contributed by atoms with Gasteiger partial charge in [-0.05, 0) is 48.6 Å². The number of alkyl halides is 3. The van der Waals surface area contributed by atoms with Crippen molar-refractivity contribution in [2.24, 2.45) is 0 Å². The summed E-state index contributed by atoms with van der Waals surface area (Å²) in [6.45, 7) is 3.60. The van der Waals surface area contributed by atoms with E-state index in [9.17, 15) is 18.0 Å². The lowest BCUT2D eigenvalue weighted by Gasteiger charge is -2.34. The molecule has 0 radical (unpaired) electrons. The third-order valence-electron chi connectivity index (χ3n) is 8.29. The van der Waals surface area contributed by atoms with Gasteiger partial charge in [0.15, 0.2) is 11.3 Å². The predicted molar refractivity (Wildman–Crippen MR) is 163 cm³/mol. The van der Waals surface area contributed by atoms with Crippen LogP contribution in [0.5, 0.6) is 0 Å². The number of anilines is 4. The molecule has 0 unspecified atom stereocenters. The SMILES string of the molecule is O=C(Nc1ccc(N2CCN(c3nc4ccccc4o3)CC2)nc1)c1oc(N2CCC(c3ccccc3)CC2)nc1C(F)(F)F. The maximum absolute atomic E-state index is 13.9. The van der Waals surface area contributed by atoms with E-state index in [2.05, 4.69) is 42.2 Å². The van der Waals surface area contributed by atoms with Crippen LogP contribution in [0.4, 0.5) is 36.7 Å². The molecule has 10 nitrogen and oxygen atoms in total. The summed E-state index contributed by atoms with van der Waals surface area (Å²) in [4.78, 5) is 31.5. The minimum absolute atomic E-state index is 0.204. The number of pyridine rings is 1. The number of halogens is 3. The molecule has 1 N–H and O–H groups in total. The molecule has 2 aromatic carbocycles. The second-order valence-corrected chi connectivity index (χ2v) is 11.1. The summed E-state index contributed by atoms with van der Waals surface area (Å²) < 4.78 is 53.1. The van der Waals surface area contributed by atoms with Crippen LogP contribution in [-0.4, -0.2) is 60.1 Å². The molecule has 0 spiro atoms. The molecular weight excluding hydrogens is 587 g/mol. The van der Waals surface area contributed by atoms with Gasteiger partial charge in [0.05, 0.1) is 11.9 Å². The Labute approximate surface area is 256 Å². The molecule has 0 bridgehead atoms. The number of carbonyl (C=O) groups excluding carboxylic acids is 1. The van der Waals surface area contributed by atoms with Crippen LogP contribution in [0.1, 0.15) is 40.6 Å². The maximum Gasteiger partial charge on any atom is 0.437 e. The predicted octanol–water partition coefficient (Wildman–Crippen LogP) is 6.19. The summed E-state index contributed by atoms with van der Waals surface area (Å²) in [5, 5.41) is 2.49. The highest BCUT2D eigenvalue weighted by Gasteiger charge is 2.42. The summed E-state index contributed by atoms with van der Waals surface area (Å²) in [5.74, 6) is -0.930. The third-order valence-corrected chi connectivity index (χ3v) is 8.29. The summed E-state index contributed by atoms with van der Waals surface area (Å²) in [7, 11) is 0. The monoisotopic (exact) mass is 617 g/mol. The Kier molecular flexibility index (Phi) is 7.51. The van der Waals surface area contributed by atoms with E-state index in [1.165, 1.54) is 11.8 Å². The Bertz CT molecular complexity index is 1740. The molecule has 5 heterocycles. The van der Waals surface area contributed by atoms with Crippen LogP contribution in [0, 0.1) is 0 Å². The Balaban J connectivity index is 0.984. The third kappa shape index (κ3) is 6.02. The second-order valence-electron chi connectivity index (χ2n) is 11.1. The molecule has 2 saturated heterocycles. The molecule has 2 aliphatic rings. The number of nitrogens with zero attached hydrogens (tertiary/aromatic N) is 6. The van der Waals surface area contributed by atoms with Crippen molar-refractivity contribution in [3.8, 4) is 0 Å². The number of oxazole rings is 2. The van der Waals surface area contributed by atoms with Crippen molar-refractivity contribution in [1.82, 2.24) is 15.0 Å². The van der Waals surface area contributed by atoms with Gasteiger partial charge in [-0.2, -0.15) is 23.1 Å². The van der Waals surface area contributed by atoms with Crippen molar-refractivity contribution in [1.29, 1.82) is 0 Å². The number of piperazine rings is 1. The number of benzene rings is 2. The number of amides is 1. The number of aromatic nitrogens is 3. The quantitative estimate of drug-likeness (QED) is 0.239. The van der Waals surface area contributed by atoms with Gasteiger partial charge < -0.3 is 28.9 Å². The minimum Gasteiger partial charge on any atom is -0.423 e. The van der Waals surface area contributed by atoms with E-state index < -0.39 is 23.5 Å². The van der Waals surface area contributed by atoms with E-state index >= 15 is 0 Å². The van der Waals surface area contributed by atoms with E-state index in [4.69, 9.17) is 8.83 Å². The van der Waals surface area contributed by atoms with E-state index in [-0.39, 0.29) is 11.7 Å². The van der Waals surface area contributed by atoms with E-state index in [1.54, 1.807) is 17.0 Å². The molecule has 0 aliphatic carbocycles. The average Bonchev–Trinajstić information content (AvgIpc) is 3.72. The van der Waals surface area contributed by atoms with Gasteiger partial charge in [0.2, 0.25) is 5.76 Å². The largest absolute Gasteiger partial charge is 0.437 e. The van der Waals surface area contributed by atoms with Crippen molar-refractivity contribution in [3.63, 3.8) is 0 Å². The van der Waals surface area contributed by atoms with E-state index in [0.717, 1.165) is 23.9 Å². The standard InChI is InChI=1S/C32H30F3N7O3/c33-32(34,35)28-27(45-31(39-28)41-14-12-22(13-15-41)21-6-2-1-3-7-21)29(43)37-23-10-11-26(36-20-23)40-16-18-42(19-17-40)30-38-24-8-4-5-9-25(24)44-30/h1-11,20,22H,12-19H2,(H,37,43). The molecule has 0 atom stereocenters. The fourth-order valence-electron chi connectivity index (χ4n) is 5.88. The minimum atomic E-state index is -4.86. The Morgan fingerprint density at radius 3 is 2.13 bits per heavy atom. The molecule has 7 rings (SSSR count). The van der Waals surface area contributed by atoms with Gasteiger partial charge in [-0.25, -0.2) is 4.98 Å². The average molecular weight is 618 g/mol. The van der Waals surface area contributed by atoms with Crippen molar-refractivity contribution < 1.29 is 26.8 Å². The highest BCUT2D eigenvalue weighted by atomic mass is 19.4. The summed E-state index contributed by atoms with van der Waals surface area (Å²) in [5.41, 5.74) is 1.64. The van der Waals surface area contributed by atoms with Gasteiger partial charge in [-0.1, -0.05) is 42.5 Å². The van der Waals surface area contributed by atoms with Crippen molar-refractivity contribution >= 4 is 40.5 Å². The van der Waals surface area contributed by atoms with Gasteiger partial charge in [0.25, 0.3) is 17.9 Å². The molecule has 2 fully saturated rings. The topological polar surface area (TPSA) is 104 Å². The number of rotatable bonds is 6. The summed E-state index contributed by atoms with van der Waals surface area (Å²) >= 11 is 0. The van der Waals surface area contributed by atoms with E-state index in [0.29, 0.717) is 57.0 Å². The van der Waals surface area contributed by atoms with Crippen LogP contribution >= 0.6 is 0 Å². The summed E-state index contributed by atoms with van der Waals surface area (Å²) in [6, 6.07) is 21.3. The Morgan fingerprint density at radius 1 is 0.778 bits per heavy atom. The van der Waals surface area contributed by atoms with E-state index in [1.807, 2.05) is 42.5 Å². The van der Waals surface area contributed by atoms with Crippen LogP contribution < -0.4 is 20.0 Å². The highest BCUT2D eigenvalue weighted by molar-refractivity contribution is 6.03. The van der Waals surface area contributed by atoms with Gasteiger partial charge in [0.1, 0.15) is 11.3 Å². The van der Waals surface area contributed by atoms with Gasteiger partial charge in [-0.3, -0.25) is 4.79 Å². The van der Waals surface area contributed by atoms with Crippen LogP contribution in [0.2, 0.25) is 0 Å². The lowest BCUT2D eigenvalue weighted by Crippen LogP contribution is -2.47. The molecular formula is C32H30F3N7O3. The fraction of sp³-hybridized carbons (Fsp3) is 0.312. The van der Waals surface area contributed by atoms with Gasteiger partial charge in [0, 0.05) is 39.3 Å². The first-order valence-corrected chi connectivity index (χ1v) is 14.8. The number of carbonyl (C=O) groups is 1. The van der Waals surface area contributed by atoms with Crippen LogP contribution in [0.25, 0.3) is 11.1 Å². The smallest absolute Gasteiger partial charge is 0.423 e. The Hall–Kier alpha value is -5.07. The molecule has 0 saturated carbocycles. The normalized spacial score (nSPS) is 16.4.